The minimum absolute atomic E-state index is 0.182. The quantitative estimate of drug-likeness (QED) is 0.939. The monoisotopic (exact) mass is 320 g/mol. The molecule has 4 nitrogen and oxygen atoms in total. The predicted octanol–water partition coefficient (Wildman–Crippen LogP) is 3.31. The lowest BCUT2D eigenvalue weighted by Gasteiger charge is -2.21. The molecule has 0 saturated carbocycles. The molecule has 2 aromatic rings. The smallest absolute Gasteiger partial charge is 0.308 e. The van der Waals surface area contributed by atoms with E-state index in [2.05, 4.69) is 27.1 Å². The summed E-state index contributed by atoms with van der Waals surface area (Å²) < 4.78 is 0. The number of nitrogens with zero attached hydrogens (tertiary/aromatic N) is 2. The van der Waals surface area contributed by atoms with E-state index in [4.69, 9.17) is 4.98 Å². The molecule has 2 aliphatic heterocycles. The molecule has 3 atom stereocenters. The third kappa shape index (κ3) is 2.31. The fraction of sp³-hybridized carbons (Fsp3) is 0.467. The fourth-order valence-corrected chi connectivity index (χ4v) is 5.22. The minimum atomic E-state index is -0.635. The molecule has 2 aromatic heterocycles. The third-order valence-corrected chi connectivity index (χ3v) is 6.29. The predicted molar refractivity (Wildman–Crippen MR) is 83.5 cm³/mol. The van der Waals surface area contributed by atoms with E-state index < -0.39 is 5.97 Å². The Hall–Kier alpha value is -1.24. The van der Waals surface area contributed by atoms with Crippen molar-refractivity contribution in [1.29, 1.82) is 0 Å². The van der Waals surface area contributed by atoms with Gasteiger partial charge in [-0.05, 0) is 30.7 Å². The largest absolute Gasteiger partial charge is 0.481 e. The maximum atomic E-state index is 11.3. The lowest BCUT2D eigenvalue weighted by molar-refractivity contribution is -0.142. The summed E-state index contributed by atoms with van der Waals surface area (Å²) in [6.07, 6.45) is 2.96. The van der Waals surface area contributed by atoms with Crippen LogP contribution in [0.5, 0.6) is 0 Å². The maximum Gasteiger partial charge on any atom is 0.308 e. The van der Waals surface area contributed by atoms with Gasteiger partial charge in [0.15, 0.2) is 0 Å². The lowest BCUT2D eigenvalue weighted by Crippen LogP contribution is -2.32. The number of carbonyl (C=O) groups is 1. The van der Waals surface area contributed by atoms with E-state index in [9.17, 15) is 9.90 Å². The van der Waals surface area contributed by atoms with Gasteiger partial charge in [-0.3, -0.25) is 9.69 Å². The molecule has 0 amide bonds. The summed E-state index contributed by atoms with van der Waals surface area (Å²) in [6.45, 7) is 0.791. The van der Waals surface area contributed by atoms with Crippen molar-refractivity contribution in [2.75, 3.05) is 0 Å². The molecule has 0 radical (unpaired) electrons. The van der Waals surface area contributed by atoms with Gasteiger partial charge in [0.25, 0.3) is 0 Å². The van der Waals surface area contributed by atoms with Crippen LogP contribution in [0.2, 0.25) is 0 Å². The molecule has 6 heteroatoms. The number of aliphatic carboxylic acids is 1. The van der Waals surface area contributed by atoms with Gasteiger partial charge < -0.3 is 5.11 Å². The second kappa shape index (κ2) is 5.19. The summed E-state index contributed by atoms with van der Waals surface area (Å²) in [7, 11) is 0. The first-order chi connectivity index (χ1) is 10.2. The van der Waals surface area contributed by atoms with Crippen LogP contribution >= 0.6 is 22.7 Å². The van der Waals surface area contributed by atoms with Gasteiger partial charge in [-0.25, -0.2) is 4.98 Å². The lowest BCUT2D eigenvalue weighted by atomic mass is 9.89. The zero-order chi connectivity index (χ0) is 14.4. The van der Waals surface area contributed by atoms with Gasteiger partial charge in [0.2, 0.25) is 0 Å². The van der Waals surface area contributed by atoms with E-state index >= 15 is 0 Å². The summed E-state index contributed by atoms with van der Waals surface area (Å²) in [4.78, 5) is 18.4. The molecule has 110 valence electrons. The topological polar surface area (TPSA) is 53.4 Å². The van der Waals surface area contributed by atoms with Crippen molar-refractivity contribution in [1.82, 2.24) is 9.88 Å². The summed E-state index contributed by atoms with van der Waals surface area (Å²) in [5.41, 5.74) is 2.26. The molecule has 2 bridgehead atoms. The van der Waals surface area contributed by atoms with Crippen LogP contribution in [0.4, 0.5) is 0 Å². The van der Waals surface area contributed by atoms with Gasteiger partial charge in [0.1, 0.15) is 5.01 Å². The zero-order valence-electron chi connectivity index (χ0n) is 11.4. The van der Waals surface area contributed by atoms with E-state index in [1.54, 1.807) is 22.7 Å². The van der Waals surface area contributed by atoms with Gasteiger partial charge in [-0.1, -0.05) is 0 Å². The van der Waals surface area contributed by atoms with Crippen molar-refractivity contribution in [3.05, 3.63) is 27.9 Å². The highest BCUT2D eigenvalue weighted by Gasteiger charge is 2.49. The van der Waals surface area contributed by atoms with Crippen LogP contribution in [0.3, 0.4) is 0 Å². The van der Waals surface area contributed by atoms with Crippen molar-refractivity contribution >= 4 is 28.6 Å². The van der Waals surface area contributed by atoms with E-state index in [1.807, 2.05) is 0 Å². The molecule has 4 rings (SSSR count). The molecule has 0 spiro atoms. The average molecular weight is 320 g/mol. The van der Waals surface area contributed by atoms with Crippen molar-refractivity contribution in [2.24, 2.45) is 5.92 Å². The Balaban J connectivity index is 1.51. The first kappa shape index (κ1) is 13.4. The van der Waals surface area contributed by atoms with E-state index in [1.165, 1.54) is 5.56 Å². The molecule has 2 aliphatic rings. The number of carboxylic acids is 1. The molecule has 2 fully saturated rings. The first-order valence-electron chi connectivity index (χ1n) is 7.18. The van der Waals surface area contributed by atoms with Crippen LogP contribution in [0, 0.1) is 5.92 Å². The van der Waals surface area contributed by atoms with Crippen LogP contribution in [0.1, 0.15) is 25.0 Å². The van der Waals surface area contributed by atoms with Crippen molar-refractivity contribution < 1.29 is 9.90 Å². The summed E-state index contributed by atoms with van der Waals surface area (Å²) in [5, 5.41) is 16.7. The molecule has 2 saturated heterocycles. The number of aromatic nitrogens is 1. The Morgan fingerprint density at radius 1 is 1.43 bits per heavy atom. The number of hydrogen-bond acceptors (Lipinski definition) is 5. The van der Waals surface area contributed by atoms with Crippen LogP contribution in [-0.2, 0) is 11.3 Å². The number of rotatable bonds is 4. The molecule has 0 aliphatic carbocycles. The third-order valence-electron chi connectivity index (χ3n) is 4.66. The molecule has 0 aromatic carbocycles. The SMILES string of the molecule is O=C(O)C1CC2CCC1N2Cc1csc(-c2ccsc2)n1. The Morgan fingerprint density at radius 3 is 3.05 bits per heavy atom. The number of fused-ring (bicyclic) bond motifs is 2. The number of thiophene rings is 1. The van der Waals surface area contributed by atoms with Gasteiger partial charge >= 0.3 is 5.97 Å². The molecule has 1 N–H and O–H groups in total. The Labute approximate surface area is 131 Å². The number of thiazole rings is 1. The summed E-state index contributed by atoms with van der Waals surface area (Å²) >= 11 is 3.36. The van der Waals surface area contributed by atoms with Crippen molar-refractivity contribution in [3.8, 4) is 10.6 Å². The van der Waals surface area contributed by atoms with Crippen LogP contribution in [0.15, 0.2) is 22.2 Å². The highest BCUT2D eigenvalue weighted by atomic mass is 32.1. The molecule has 4 heterocycles. The van der Waals surface area contributed by atoms with Gasteiger partial charge in [-0.2, -0.15) is 11.3 Å². The fourth-order valence-electron chi connectivity index (χ4n) is 3.70. The zero-order valence-corrected chi connectivity index (χ0v) is 13.1. The van der Waals surface area contributed by atoms with Gasteiger partial charge in [0.05, 0.1) is 11.6 Å². The highest BCUT2D eigenvalue weighted by molar-refractivity contribution is 7.14. The van der Waals surface area contributed by atoms with Crippen molar-refractivity contribution in [2.45, 2.75) is 37.9 Å². The second-order valence-electron chi connectivity index (χ2n) is 5.81. The molecule has 3 unspecified atom stereocenters. The number of hydrogen-bond donors (Lipinski definition) is 1. The second-order valence-corrected chi connectivity index (χ2v) is 7.45. The molecule has 21 heavy (non-hydrogen) atoms. The maximum absolute atomic E-state index is 11.3. The normalized spacial score (nSPS) is 28.3. The molecular weight excluding hydrogens is 304 g/mol. The number of carboxylic acid groups (broad SMARTS) is 1. The van der Waals surface area contributed by atoms with Gasteiger partial charge in [-0.15, -0.1) is 11.3 Å². The minimum Gasteiger partial charge on any atom is -0.481 e. The van der Waals surface area contributed by atoms with E-state index in [-0.39, 0.29) is 12.0 Å². The van der Waals surface area contributed by atoms with Crippen molar-refractivity contribution in [3.63, 3.8) is 0 Å². The Kier molecular flexibility index (Phi) is 3.32. The average Bonchev–Trinajstić information content (AvgIpc) is 3.22. The van der Waals surface area contributed by atoms with Crippen LogP contribution in [-0.4, -0.2) is 33.0 Å². The van der Waals surface area contributed by atoms with Gasteiger partial charge in [0, 0.05) is 35.0 Å². The summed E-state index contributed by atoms with van der Waals surface area (Å²) in [6, 6.07) is 2.73. The highest BCUT2D eigenvalue weighted by Crippen LogP contribution is 2.42. The van der Waals surface area contributed by atoms with E-state index in [0.717, 1.165) is 36.5 Å². The van der Waals surface area contributed by atoms with Crippen LogP contribution < -0.4 is 0 Å². The Morgan fingerprint density at radius 2 is 2.33 bits per heavy atom. The van der Waals surface area contributed by atoms with Crippen LogP contribution in [0.25, 0.3) is 10.6 Å². The standard InChI is InChI=1S/C15H16N2O2S2/c18-15(19)12-5-11-1-2-13(12)17(11)6-10-8-21-14(16-10)9-3-4-20-7-9/h3-4,7-8,11-13H,1-2,5-6H2,(H,18,19). The first-order valence-corrected chi connectivity index (χ1v) is 9.00. The Bertz CT molecular complexity index is 652. The summed E-state index contributed by atoms with van der Waals surface area (Å²) in [5.74, 6) is -0.817. The van der Waals surface area contributed by atoms with E-state index in [0.29, 0.717) is 6.04 Å². The molecular formula is C15H16N2O2S2.